The van der Waals surface area contributed by atoms with Crippen LogP contribution in [-0.2, 0) is 23.9 Å². The van der Waals surface area contributed by atoms with Gasteiger partial charge in [0, 0.05) is 6.54 Å². The van der Waals surface area contributed by atoms with Gasteiger partial charge in [-0.15, -0.1) is 0 Å². The van der Waals surface area contributed by atoms with Crippen molar-refractivity contribution in [3.63, 3.8) is 0 Å². The number of hydrogen-bond acceptors (Lipinski definition) is 6. The maximum atomic E-state index is 13.6. The van der Waals surface area contributed by atoms with Crippen molar-refractivity contribution in [1.82, 2.24) is 15.5 Å². The smallest absolute Gasteiger partial charge is 0.408 e. The van der Waals surface area contributed by atoms with Crippen LogP contribution in [0.3, 0.4) is 0 Å². The van der Waals surface area contributed by atoms with Gasteiger partial charge in [-0.25, -0.2) is 4.79 Å². The van der Waals surface area contributed by atoms with E-state index in [1.165, 1.54) is 4.90 Å². The van der Waals surface area contributed by atoms with Crippen molar-refractivity contribution in [2.75, 3.05) is 6.54 Å². The number of fused-ring (bicyclic) bond motifs is 3. The molecule has 3 rings (SSSR count). The molecule has 3 fully saturated rings. The molecule has 0 aromatic rings. The third-order valence-electron chi connectivity index (χ3n) is 7.36. The van der Waals surface area contributed by atoms with E-state index in [0.717, 1.165) is 12.8 Å². The van der Waals surface area contributed by atoms with E-state index in [1.54, 1.807) is 20.8 Å². The van der Waals surface area contributed by atoms with Crippen LogP contribution in [0.25, 0.3) is 0 Å². The summed E-state index contributed by atoms with van der Waals surface area (Å²) >= 11 is 0. The number of rotatable bonds is 3. The highest BCUT2D eigenvalue weighted by molar-refractivity contribution is 6.37. The van der Waals surface area contributed by atoms with Gasteiger partial charge in [-0.3, -0.25) is 19.2 Å². The van der Waals surface area contributed by atoms with Gasteiger partial charge in [0.05, 0.1) is 6.04 Å². The van der Waals surface area contributed by atoms with E-state index in [0.29, 0.717) is 32.2 Å². The molecule has 5 atom stereocenters. The normalized spacial score (nSPS) is 31.6. The lowest BCUT2D eigenvalue weighted by Gasteiger charge is -2.33. The zero-order chi connectivity index (χ0) is 25.4. The third kappa shape index (κ3) is 5.52. The molecule has 0 radical (unpaired) electrons. The maximum absolute atomic E-state index is 13.6. The summed E-state index contributed by atoms with van der Waals surface area (Å²) in [4.78, 5) is 64.9. The summed E-state index contributed by atoms with van der Waals surface area (Å²) in [5.74, 6) is -2.61. The fourth-order valence-electron chi connectivity index (χ4n) is 5.47. The monoisotopic (exact) mass is 478 g/mol. The number of primary amides is 1. The SMILES string of the molecule is CC(C)(C)OC(=O)N[C@H]1CCCCCC[C@@H](C(=O)C(N)=O)NC(=O)[C@@H]2[C@H]3[C@@H](CN2C1=O)C3(C)C. The maximum Gasteiger partial charge on any atom is 0.408 e. The molecular formula is C24H38N4O6. The molecular weight excluding hydrogens is 440 g/mol. The van der Waals surface area contributed by atoms with Gasteiger partial charge in [0.1, 0.15) is 17.7 Å². The van der Waals surface area contributed by atoms with Gasteiger partial charge in [-0.1, -0.05) is 39.5 Å². The van der Waals surface area contributed by atoms with E-state index in [2.05, 4.69) is 24.5 Å². The minimum absolute atomic E-state index is 0.0620. The van der Waals surface area contributed by atoms with Crippen LogP contribution in [0.15, 0.2) is 0 Å². The summed E-state index contributed by atoms with van der Waals surface area (Å²) in [6.45, 7) is 9.76. The van der Waals surface area contributed by atoms with Gasteiger partial charge in [0.25, 0.3) is 5.91 Å². The first-order chi connectivity index (χ1) is 15.7. The first-order valence-corrected chi connectivity index (χ1v) is 12.2. The fraction of sp³-hybridized carbons (Fsp3) is 0.792. The number of ether oxygens (including phenoxy) is 1. The number of Topliss-reactive ketones (excluding diaryl/α,β-unsaturated/α-hetero) is 1. The molecule has 1 aliphatic carbocycles. The first-order valence-electron chi connectivity index (χ1n) is 12.2. The molecule has 2 aliphatic heterocycles. The van der Waals surface area contributed by atoms with Gasteiger partial charge in [0.2, 0.25) is 17.6 Å². The Balaban J connectivity index is 1.86. The number of piperidine rings is 1. The summed E-state index contributed by atoms with van der Waals surface area (Å²) in [7, 11) is 0. The molecule has 10 heteroatoms. The molecule has 34 heavy (non-hydrogen) atoms. The molecule has 0 spiro atoms. The summed E-state index contributed by atoms with van der Waals surface area (Å²) < 4.78 is 5.36. The van der Waals surface area contributed by atoms with Crippen LogP contribution in [0.1, 0.15) is 73.1 Å². The standard InChI is InChI=1S/C24H38N4O6/c1-23(2,3)34-22(33)27-15-11-9-7-6-8-10-14(18(29)19(25)30)26-20(31)17-16-13(24(16,4)5)12-28(17)21(15)32/h13-17H,6-12H2,1-5H3,(H2,25,30)(H,26,31)(H,27,33)/t13-,14+,15+,16-,17+/m1/s1. The average Bonchev–Trinajstić information content (AvgIpc) is 3.06. The van der Waals surface area contributed by atoms with Crippen LogP contribution >= 0.6 is 0 Å². The number of nitrogens with two attached hydrogens (primary N) is 1. The molecule has 0 aromatic carbocycles. The van der Waals surface area contributed by atoms with Crippen LogP contribution in [0.2, 0.25) is 0 Å². The number of alkyl carbamates (subject to hydrolysis) is 1. The molecule has 0 aromatic heterocycles. The number of amides is 4. The third-order valence-corrected chi connectivity index (χ3v) is 7.36. The van der Waals surface area contributed by atoms with E-state index in [4.69, 9.17) is 10.5 Å². The molecule has 0 unspecified atom stereocenters. The highest BCUT2D eigenvalue weighted by Crippen LogP contribution is 2.64. The molecule has 190 valence electrons. The van der Waals surface area contributed by atoms with E-state index < -0.39 is 47.4 Å². The lowest BCUT2D eigenvalue weighted by Crippen LogP contribution is -2.58. The topological polar surface area (TPSA) is 148 Å². The van der Waals surface area contributed by atoms with Crippen molar-refractivity contribution in [2.24, 2.45) is 23.0 Å². The lowest BCUT2D eigenvalue weighted by atomic mass is 9.98. The second-order valence-corrected chi connectivity index (χ2v) is 11.4. The zero-order valence-electron chi connectivity index (χ0n) is 20.8. The Kier molecular flexibility index (Phi) is 7.28. The number of nitrogens with zero attached hydrogens (tertiary/aromatic N) is 1. The van der Waals surface area contributed by atoms with E-state index >= 15 is 0 Å². The zero-order valence-corrected chi connectivity index (χ0v) is 20.8. The van der Waals surface area contributed by atoms with Gasteiger partial charge in [-0.05, 0) is 50.9 Å². The van der Waals surface area contributed by atoms with Crippen LogP contribution in [0, 0.1) is 17.3 Å². The number of hydrogen-bond donors (Lipinski definition) is 3. The summed E-state index contributed by atoms with van der Waals surface area (Å²) in [6, 6.07) is -2.59. The highest BCUT2D eigenvalue weighted by atomic mass is 16.6. The molecule has 10 nitrogen and oxygen atoms in total. The number of ketones is 1. The number of nitrogens with one attached hydrogen (secondary N) is 2. The summed E-state index contributed by atoms with van der Waals surface area (Å²) in [5, 5.41) is 5.43. The van der Waals surface area contributed by atoms with Crippen molar-refractivity contribution in [2.45, 2.75) is 96.9 Å². The Labute approximate surface area is 200 Å². The van der Waals surface area contributed by atoms with E-state index in [-0.39, 0.29) is 23.2 Å². The predicted molar refractivity (Wildman–Crippen MR) is 123 cm³/mol. The Morgan fingerprint density at radius 2 is 1.71 bits per heavy atom. The second kappa shape index (κ2) is 9.54. The van der Waals surface area contributed by atoms with Crippen LogP contribution in [0.5, 0.6) is 0 Å². The van der Waals surface area contributed by atoms with Gasteiger partial charge in [0.15, 0.2) is 0 Å². The Morgan fingerprint density at radius 3 is 2.29 bits per heavy atom. The molecule has 3 aliphatic rings. The lowest BCUT2D eigenvalue weighted by molar-refractivity contribution is -0.143. The minimum atomic E-state index is -1.08. The van der Waals surface area contributed by atoms with E-state index in [1.807, 2.05) is 0 Å². The number of carbonyl (C=O) groups excluding carboxylic acids is 5. The average molecular weight is 479 g/mol. The summed E-state index contributed by atoms with van der Waals surface area (Å²) in [6.07, 6.45) is 2.88. The molecule has 0 bridgehead atoms. The Bertz CT molecular complexity index is 864. The molecule has 4 N–H and O–H groups in total. The van der Waals surface area contributed by atoms with Gasteiger partial charge >= 0.3 is 6.09 Å². The van der Waals surface area contributed by atoms with Crippen molar-refractivity contribution in [1.29, 1.82) is 0 Å². The highest BCUT2D eigenvalue weighted by Gasteiger charge is 2.69. The first kappa shape index (κ1) is 26.0. The van der Waals surface area contributed by atoms with Crippen LogP contribution in [0.4, 0.5) is 4.79 Å². The quantitative estimate of drug-likeness (QED) is 0.520. The van der Waals surface area contributed by atoms with Gasteiger partial charge in [-0.2, -0.15) is 0 Å². The van der Waals surface area contributed by atoms with Crippen molar-refractivity contribution in [3.8, 4) is 0 Å². The Morgan fingerprint density at radius 1 is 1.09 bits per heavy atom. The fourth-order valence-corrected chi connectivity index (χ4v) is 5.47. The molecule has 1 saturated carbocycles. The molecule has 2 saturated heterocycles. The van der Waals surface area contributed by atoms with Crippen molar-refractivity contribution < 1.29 is 28.7 Å². The van der Waals surface area contributed by atoms with Crippen molar-refractivity contribution >= 4 is 29.6 Å². The molecule has 4 amide bonds. The van der Waals surface area contributed by atoms with Crippen LogP contribution < -0.4 is 16.4 Å². The Hall–Kier alpha value is -2.65. The van der Waals surface area contributed by atoms with E-state index in [9.17, 15) is 24.0 Å². The summed E-state index contributed by atoms with van der Waals surface area (Å²) in [5.41, 5.74) is 4.38. The largest absolute Gasteiger partial charge is 0.444 e. The minimum Gasteiger partial charge on any atom is -0.444 e. The van der Waals surface area contributed by atoms with Gasteiger partial charge < -0.3 is 26.0 Å². The second-order valence-electron chi connectivity index (χ2n) is 11.4. The van der Waals surface area contributed by atoms with Crippen molar-refractivity contribution in [3.05, 3.63) is 0 Å². The van der Waals surface area contributed by atoms with Crippen LogP contribution in [-0.4, -0.2) is 64.8 Å². The molecule has 2 heterocycles. The number of carbonyl (C=O) groups is 5. The predicted octanol–water partition coefficient (Wildman–Crippen LogP) is 1.26.